The monoisotopic (exact) mass is 280 g/mol. The third-order valence-electron chi connectivity index (χ3n) is 2.48. The van der Waals surface area contributed by atoms with Gasteiger partial charge in [0.05, 0.1) is 9.50 Å². The molecule has 0 N–H and O–H groups in total. The van der Waals surface area contributed by atoms with Crippen LogP contribution in [0.15, 0.2) is 45.5 Å². The largest absolute Gasteiger partial charge is 0.462 e. The highest BCUT2D eigenvalue weighted by atomic mass is 79.9. The molecule has 1 nitrogen and oxygen atoms in total. The molecule has 0 aliphatic rings. The molecule has 15 heavy (non-hydrogen) atoms. The number of hydrogen-bond donors (Lipinski definition) is 0. The highest BCUT2D eigenvalue weighted by molar-refractivity contribution is 9.10. The fourth-order valence-corrected chi connectivity index (χ4v) is 2.46. The summed E-state index contributed by atoms with van der Waals surface area (Å²) in [6, 6.07) is 10.1. The van der Waals surface area contributed by atoms with Crippen molar-refractivity contribution in [3.63, 3.8) is 0 Å². The number of fused-ring (bicyclic) bond motifs is 2. The fourth-order valence-electron chi connectivity index (χ4n) is 1.75. The summed E-state index contributed by atoms with van der Waals surface area (Å²) in [5.74, 6) is 0. The van der Waals surface area contributed by atoms with E-state index in [4.69, 9.17) is 16.0 Å². The molecule has 74 valence electrons. The first-order chi connectivity index (χ1) is 7.27. The van der Waals surface area contributed by atoms with Gasteiger partial charge in [0.15, 0.2) is 5.58 Å². The smallest absolute Gasteiger partial charge is 0.154 e. The molecule has 3 aromatic rings. The van der Waals surface area contributed by atoms with E-state index in [0.29, 0.717) is 5.02 Å². The molecule has 0 aliphatic heterocycles. The van der Waals surface area contributed by atoms with Gasteiger partial charge in [0.25, 0.3) is 0 Å². The Morgan fingerprint density at radius 1 is 1.13 bits per heavy atom. The van der Waals surface area contributed by atoms with Gasteiger partial charge in [-0.3, -0.25) is 0 Å². The Hall–Kier alpha value is -0.990. The van der Waals surface area contributed by atoms with Crippen LogP contribution in [-0.4, -0.2) is 0 Å². The van der Waals surface area contributed by atoms with Crippen LogP contribution in [0.4, 0.5) is 0 Å². The van der Waals surface area contributed by atoms with Crippen LogP contribution in [0.1, 0.15) is 0 Å². The standard InChI is InChI=1S/C12H6BrClO/c13-10-6-15-12-9(10)5-7-3-1-2-4-8(7)11(12)14/h1-6H. The van der Waals surface area contributed by atoms with Gasteiger partial charge >= 0.3 is 0 Å². The van der Waals surface area contributed by atoms with E-state index < -0.39 is 0 Å². The molecule has 0 radical (unpaired) electrons. The molecule has 0 spiro atoms. The molecule has 0 fully saturated rings. The maximum absolute atomic E-state index is 6.27. The predicted octanol–water partition coefficient (Wildman–Crippen LogP) is 5.00. The zero-order valence-corrected chi connectivity index (χ0v) is 9.97. The second-order valence-corrected chi connectivity index (χ2v) is 4.60. The number of halogens is 2. The average molecular weight is 282 g/mol. The van der Waals surface area contributed by atoms with Crippen molar-refractivity contribution in [1.82, 2.24) is 0 Å². The van der Waals surface area contributed by atoms with Gasteiger partial charge < -0.3 is 4.42 Å². The van der Waals surface area contributed by atoms with Gasteiger partial charge in [-0.1, -0.05) is 35.9 Å². The molecule has 3 heteroatoms. The maximum atomic E-state index is 6.27. The van der Waals surface area contributed by atoms with Crippen LogP contribution in [0.5, 0.6) is 0 Å². The minimum Gasteiger partial charge on any atom is -0.462 e. The predicted molar refractivity (Wildman–Crippen MR) is 66.4 cm³/mol. The lowest BCUT2D eigenvalue weighted by atomic mass is 10.1. The van der Waals surface area contributed by atoms with Crippen molar-refractivity contribution in [3.05, 3.63) is 46.1 Å². The van der Waals surface area contributed by atoms with Gasteiger partial charge in [0.1, 0.15) is 6.26 Å². The molecule has 2 aromatic carbocycles. The number of rotatable bonds is 0. The van der Waals surface area contributed by atoms with E-state index in [9.17, 15) is 0 Å². The van der Waals surface area contributed by atoms with Crippen molar-refractivity contribution in [2.24, 2.45) is 0 Å². The zero-order valence-electron chi connectivity index (χ0n) is 7.63. The van der Waals surface area contributed by atoms with Crippen LogP contribution in [0.3, 0.4) is 0 Å². The molecule has 0 unspecified atom stereocenters. The van der Waals surface area contributed by atoms with Crippen molar-refractivity contribution < 1.29 is 4.42 Å². The summed E-state index contributed by atoms with van der Waals surface area (Å²) in [4.78, 5) is 0. The molecule has 0 aliphatic carbocycles. The molecule has 1 aromatic heterocycles. The molecular formula is C12H6BrClO. The second kappa shape index (κ2) is 3.26. The topological polar surface area (TPSA) is 13.1 Å². The first-order valence-corrected chi connectivity index (χ1v) is 5.68. The zero-order chi connectivity index (χ0) is 10.4. The molecule has 0 amide bonds. The van der Waals surface area contributed by atoms with E-state index in [1.165, 1.54) is 0 Å². The summed E-state index contributed by atoms with van der Waals surface area (Å²) in [5, 5.41) is 3.83. The summed E-state index contributed by atoms with van der Waals surface area (Å²) < 4.78 is 6.34. The Morgan fingerprint density at radius 3 is 2.80 bits per heavy atom. The number of hydrogen-bond acceptors (Lipinski definition) is 1. The molecule has 3 rings (SSSR count). The Bertz CT molecular complexity index is 657. The van der Waals surface area contributed by atoms with Gasteiger partial charge in [-0.15, -0.1) is 0 Å². The van der Waals surface area contributed by atoms with E-state index >= 15 is 0 Å². The first kappa shape index (κ1) is 9.25. The van der Waals surface area contributed by atoms with Crippen LogP contribution >= 0.6 is 27.5 Å². The molecule has 0 bridgehead atoms. The molecule has 1 heterocycles. The van der Waals surface area contributed by atoms with Crippen LogP contribution in [-0.2, 0) is 0 Å². The summed E-state index contributed by atoms with van der Waals surface area (Å²) in [6.07, 6.45) is 1.66. The Kier molecular flexibility index (Phi) is 2.01. The van der Waals surface area contributed by atoms with Crippen LogP contribution in [0, 0.1) is 0 Å². The molecule has 0 atom stereocenters. The second-order valence-electron chi connectivity index (χ2n) is 3.37. The first-order valence-electron chi connectivity index (χ1n) is 4.51. The average Bonchev–Trinajstić information content (AvgIpc) is 2.62. The van der Waals surface area contributed by atoms with Gasteiger partial charge in [-0.25, -0.2) is 0 Å². The van der Waals surface area contributed by atoms with Gasteiger partial charge in [0, 0.05) is 10.8 Å². The van der Waals surface area contributed by atoms with Crippen molar-refractivity contribution in [3.8, 4) is 0 Å². The van der Waals surface area contributed by atoms with E-state index in [0.717, 1.165) is 26.2 Å². The maximum Gasteiger partial charge on any atom is 0.154 e. The Balaban J connectivity index is 2.61. The lowest BCUT2D eigenvalue weighted by Gasteiger charge is -2.00. The Morgan fingerprint density at radius 2 is 1.93 bits per heavy atom. The SMILES string of the molecule is Clc1c2ccccc2cc2c(Br)coc12. The van der Waals surface area contributed by atoms with E-state index in [-0.39, 0.29) is 0 Å². The van der Waals surface area contributed by atoms with Crippen molar-refractivity contribution >= 4 is 49.3 Å². The molecule has 0 saturated carbocycles. The lowest BCUT2D eigenvalue weighted by Crippen LogP contribution is -1.75. The van der Waals surface area contributed by atoms with Gasteiger partial charge in [-0.2, -0.15) is 0 Å². The van der Waals surface area contributed by atoms with Crippen LogP contribution < -0.4 is 0 Å². The van der Waals surface area contributed by atoms with E-state index in [2.05, 4.69) is 22.0 Å². The third kappa shape index (κ3) is 1.29. The van der Waals surface area contributed by atoms with Gasteiger partial charge in [-0.05, 0) is 27.4 Å². The van der Waals surface area contributed by atoms with Crippen molar-refractivity contribution in [2.75, 3.05) is 0 Å². The van der Waals surface area contributed by atoms with Crippen molar-refractivity contribution in [1.29, 1.82) is 0 Å². The van der Waals surface area contributed by atoms with E-state index in [1.54, 1.807) is 6.26 Å². The van der Waals surface area contributed by atoms with Gasteiger partial charge in [0.2, 0.25) is 0 Å². The summed E-state index contributed by atoms with van der Waals surface area (Å²) in [6.45, 7) is 0. The number of furan rings is 1. The minimum absolute atomic E-state index is 0.675. The van der Waals surface area contributed by atoms with Crippen LogP contribution in [0.2, 0.25) is 5.02 Å². The van der Waals surface area contributed by atoms with Crippen molar-refractivity contribution in [2.45, 2.75) is 0 Å². The highest BCUT2D eigenvalue weighted by Gasteiger charge is 2.10. The third-order valence-corrected chi connectivity index (χ3v) is 3.47. The highest BCUT2D eigenvalue weighted by Crippen LogP contribution is 2.36. The summed E-state index contributed by atoms with van der Waals surface area (Å²) >= 11 is 9.71. The van der Waals surface area contributed by atoms with Crippen LogP contribution in [0.25, 0.3) is 21.7 Å². The molecule has 0 saturated heterocycles. The lowest BCUT2D eigenvalue weighted by molar-refractivity contribution is 0.614. The number of benzene rings is 2. The fraction of sp³-hybridized carbons (Fsp3) is 0. The molecular weight excluding hydrogens is 275 g/mol. The minimum atomic E-state index is 0.675. The summed E-state index contributed by atoms with van der Waals surface area (Å²) in [7, 11) is 0. The Labute approximate surface area is 99.8 Å². The van der Waals surface area contributed by atoms with E-state index in [1.807, 2.05) is 24.3 Å². The quantitative estimate of drug-likeness (QED) is 0.565. The normalized spacial score (nSPS) is 11.3. The summed E-state index contributed by atoms with van der Waals surface area (Å²) in [5.41, 5.74) is 0.738.